The van der Waals surface area contributed by atoms with Crippen LogP contribution in [0.4, 0.5) is 0 Å². The lowest BCUT2D eigenvalue weighted by Crippen LogP contribution is -2.36. The lowest BCUT2D eigenvalue weighted by molar-refractivity contribution is 0.203. The molecule has 0 aromatic heterocycles. The number of hydrogen-bond donors (Lipinski definition) is 0. The third-order valence-electron chi connectivity index (χ3n) is 5.03. The molecule has 4 nitrogen and oxygen atoms in total. The molecule has 1 aliphatic carbocycles. The molecule has 20 heavy (non-hydrogen) atoms. The maximum atomic E-state index is 11.4. The first-order chi connectivity index (χ1) is 9.46. The van der Waals surface area contributed by atoms with Crippen molar-refractivity contribution in [1.29, 1.82) is 0 Å². The summed E-state index contributed by atoms with van der Waals surface area (Å²) >= 11 is 0. The second kappa shape index (κ2) is 7.23. The quantitative estimate of drug-likeness (QED) is 0.716. The lowest BCUT2D eigenvalue weighted by Gasteiger charge is -2.27. The highest BCUT2D eigenvalue weighted by atomic mass is 32.2. The summed E-state index contributed by atoms with van der Waals surface area (Å²) < 4.78 is 22.9. The molecular formula is C15H30N2O2S. The van der Waals surface area contributed by atoms with Crippen LogP contribution in [-0.4, -0.2) is 69.5 Å². The van der Waals surface area contributed by atoms with Gasteiger partial charge in [-0.3, -0.25) is 0 Å². The normalized spacial score (nSPS) is 26.9. The minimum absolute atomic E-state index is 0.398. The second-order valence-electron chi connectivity index (χ2n) is 6.78. The fourth-order valence-electron chi connectivity index (χ4n) is 3.47. The van der Waals surface area contributed by atoms with E-state index in [-0.39, 0.29) is 0 Å². The van der Waals surface area contributed by atoms with Crippen molar-refractivity contribution >= 4 is 9.84 Å². The van der Waals surface area contributed by atoms with Crippen LogP contribution in [-0.2, 0) is 9.84 Å². The van der Waals surface area contributed by atoms with Crippen molar-refractivity contribution in [2.24, 2.45) is 5.92 Å². The van der Waals surface area contributed by atoms with E-state index in [1.807, 2.05) is 0 Å². The van der Waals surface area contributed by atoms with Gasteiger partial charge in [0.25, 0.3) is 0 Å². The Labute approximate surface area is 124 Å². The fraction of sp³-hybridized carbons (Fsp3) is 1.00. The molecule has 0 spiro atoms. The minimum Gasteiger partial charge on any atom is -0.305 e. The number of likely N-dealkylation sites (N-methyl/N-ethyl adjacent to an activating group) is 2. The largest absolute Gasteiger partial charge is 0.305 e. The summed E-state index contributed by atoms with van der Waals surface area (Å²) in [5.74, 6) is 1.23. The summed E-state index contributed by atoms with van der Waals surface area (Å²) in [6.45, 7) is 3.25. The highest BCUT2D eigenvalue weighted by molar-refractivity contribution is 7.91. The minimum atomic E-state index is -2.71. The molecule has 0 amide bonds. The average Bonchev–Trinajstić information content (AvgIpc) is 3.03. The van der Waals surface area contributed by atoms with Gasteiger partial charge in [-0.25, -0.2) is 8.42 Å². The van der Waals surface area contributed by atoms with E-state index in [9.17, 15) is 8.42 Å². The van der Waals surface area contributed by atoms with Gasteiger partial charge in [-0.2, -0.15) is 0 Å². The molecule has 118 valence electrons. The predicted octanol–water partition coefficient (Wildman–Crippen LogP) is 1.62. The third-order valence-corrected chi connectivity index (χ3v) is 6.87. The molecular weight excluding hydrogens is 272 g/mol. The first-order valence-electron chi connectivity index (χ1n) is 8.05. The molecule has 0 N–H and O–H groups in total. The summed E-state index contributed by atoms with van der Waals surface area (Å²) in [5, 5.41) is 0. The van der Waals surface area contributed by atoms with Crippen molar-refractivity contribution in [2.75, 3.05) is 45.2 Å². The molecule has 1 heterocycles. The maximum absolute atomic E-state index is 11.4. The van der Waals surface area contributed by atoms with Crippen LogP contribution in [0.3, 0.4) is 0 Å². The number of sulfone groups is 1. The topological polar surface area (TPSA) is 40.6 Å². The molecule has 1 unspecified atom stereocenters. The summed E-state index contributed by atoms with van der Waals surface area (Å²) in [7, 11) is 1.70. The summed E-state index contributed by atoms with van der Waals surface area (Å²) in [4.78, 5) is 4.86. The average molecular weight is 302 g/mol. The molecule has 1 saturated heterocycles. The van der Waals surface area contributed by atoms with E-state index in [1.165, 1.54) is 25.7 Å². The zero-order chi connectivity index (χ0) is 14.6. The van der Waals surface area contributed by atoms with Crippen LogP contribution in [0, 0.1) is 5.92 Å². The molecule has 1 atom stereocenters. The smallest absolute Gasteiger partial charge is 0.150 e. The monoisotopic (exact) mass is 302 g/mol. The Kier molecular flexibility index (Phi) is 5.87. The van der Waals surface area contributed by atoms with Gasteiger partial charge >= 0.3 is 0 Å². The lowest BCUT2D eigenvalue weighted by atomic mass is 10.1. The molecule has 1 saturated carbocycles. The number of rotatable bonds is 7. The predicted molar refractivity (Wildman–Crippen MR) is 83.8 cm³/mol. The van der Waals surface area contributed by atoms with Crippen LogP contribution in [0.2, 0.25) is 0 Å². The van der Waals surface area contributed by atoms with Gasteiger partial charge in [0.2, 0.25) is 0 Å². The van der Waals surface area contributed by atoms with Crippen LogP contribution < -0.4 is 0 Å². The van der Waals surface area contributed by atoms with Gasteiger partial charge in [-0.1, -0.05) is 12.8 Å². The Morgan fingerprint density at radius 3 is 2.30 bits per heavy atom. The van der Waals surface area contributed by atoms with E-state index >= 15 is 0 Å². The Morgan fingerprint density at radius 2 is 1.70 bits per heavy atom. The second-order valence-corrected chi connectivity index (χ2v) is 9.01. The first-order valence-corrected chi connectivity index (χ1v) is 9.87. The standard InChI is InChI=1S/C15H30N2O2S/c1-16(9-7-14-8-12-20(18,19)13-14)10-11-17(2)15-5-3-4-6-15/h14-15H,3-13H2,1-2H3. The maximum Gasteiger partial charge on any atom is 0.150 e. The SMILES string of the molecule is CN(CCC1CCS(=O)(=O)C1)CCN(C)C1CCCC1. The van der Waals surface area contributed by atoms with Gasteiger partial charge in [0, 0.05) is 19.1 Å². The van der Waals surface area contributed by atoms with E-state index in [4.69, 9.17) is 0 Å². The molecule has 5 heteroatoms. The van der Waals surface area contributed by atoms with Crippen molar-refractivity contribution in [3.8, 4) is 0 Å². The van der Waals surface area contributed by atoms with Crippen LogP contribution in [0.5, 0.6) is 0 Å². The number of hydrogen-bond acceptors (Lipinski definition) is 4. The molecule has 2 rings (SSSR count). The van der Waals surface area contributed by atoms with Gasteiger partial charge in [-0.05, 0) is 52.2 Å². The Bertz CT molecular complexity index is 391. The highest BCUT2D eigenvalue weighted by Crippen LogP contribution is 2.23. The van der Waals surface area contributed by atoms with Crippen LogP contribution in [0.15, 0.2) is 0 Å². The molecule has 2 fully saturated rings. The zero-order valence-corrected chi connectivity index (χ0v) is 13.9. The Balaban J connectivity index is 1.59. The molecule has 0 bridgehead atoms. The summed E-state index contributed by atoms with van der Waals surface area (Å²) in [6.07, 6.45) is 7.41. The number of nitrogens with zero attached hydrogens (tertiary/aromatic N) is 2. The van der Waals surface area contributed by atoms with E-state index in [2.05, 4.69) is 23.9 Å². The highest BCUT2D eigenvalue weighted by Gasteiger charge is 2.27. The molecule has 1 aliphatic heterocycles. The van der Waals surface area contributed by atoms with E-state index in [1.54, 1.807) is 0 Å². The Morgan fingerprint density at radius 1 is 1.00 bits per heavy atom. The Hall–Kier alpha value is -0.130. The van der Waals surface area contributed by atoms with Crippen molar-refractivity contribution in [2.45, 2.75) is 44.6 Å². The van der Waals surface area contributed by atoms with Crippen LogP contribution in [0.25, 0.3) is 0 Å². The third kappa shape index (κ3) is 5.01. The van der Waals surface area contributed by atoms with E-state index in [0.29, 0.717) is 17.4 Å². The van der Waals surface area contributed by atoms with E-state index < -0.39 is 9.84 Å². The summed E-state index contributed by atoms with van der Waals surface area (Å²) in [5.41, 5.74) is 0. The van der Waals surface area contributed by atoms with Gasteiger partial charge in [0.05, 0.1) is 11.5 Å². The molecule has 0 aromatic carbocycles. The van der Waals surface area contributed by atoms with Crippen molar-refractivity contribution in [3.63, 3.8) is 0 Å². The molecule has 0 radical (unpaired) electrons. The molecule has 2 aliphatic rings. The van der Waals surface area contributed by atoms with Gasteiger partial charge in [0.15, 0.2) is 9.84 Å². The van der Waals surface area contributed by atoms with Crippen LogP contribution >= 0.6 is 0 Å². The van der Waals surface area contributed by atoms with Gasteiger partial charge in [-0.15, -0.1) is 0 Å². The van der Waals surface area contributed by atoms with Crippen molar-refractivity contribution < 1.29 is 8.42 Å². The summed E-state index contributed by atoms with van der Waals surface area (Å²) in [6, 6.07) is 0.795. The van der Waals surface area contributed by atoms with Crippen molar-refractivity contribution in [1.82, 2.24) is 9.80 Å². The zero-order valence-electron chi connectivity index (χ0n) is 13.1. The first kappa shape index (κ1) is 16.2. The fourth-order valence-corrected chi connectivity index (χ4v) is 5.38. The van der Waals surface area contributed by atoms with Gasteiger partial charge in [0.1, 0.15) is 0 Å². The van der Waals surface area contributed by atoms with Crippen LogP contribution in [0.1, 0.15) is 38.5 Å². The van der Waals surface area contributed by atoms with Gasteiger partial charge < -0.3 is 9.80 Å². The van der Waals surface area contributed by atoms with E-state index in [0.717, 1.165) is 38.5 Å². The molecule has 0 aromatic rings. The van der Waals surface area contributed by atoms with Crippen molar-refractivity contribution in [3.05, 3.63) is 0 Å².